The Morgan fingerprint density at radius 3 is 2.70 bits per heavy atom. The van der Waals surface area contributed by atoms with Crippen molar-refractivity contribution in [3.05, 3.63) is 35.4 Å². The molecule has 2 aliphatic heterocycles. The van der Waals surface area contributed by atoms with E-state index in [4.69, 9.17) is 5.73 Å². The number of rotatable bonds is 3. The van der Waals surface area contributed by atoms with E-state index in [1.807, 2.05) is 24.3 Å². The molecule has 7 nitrogen and oxygen atoms in total. The van der Waals surface area contributed by atoms with Crippen molar-refractivity contribution in [1.29, 1.82) is 0 Å². The average Bonchev–Trinajstić information content (AvgIpc) is 2.79. The van der Waals surface area contributed by atoms with Gasteiger partial charge in [-0.15, -0.1) is 0 Å². The summed E-state index contributed by atoms with van der Waals surface area (Å²) < 4.78 is 0. The van der Waals surface area contributed by atoms with Crippen LogP contribution in [0.15, 0.2) is 24.3 Å². The molecule has 122 valence electrons. The second kappa shape index (κ2) is 5.91. The van der Waals surface area contributed by atoms with Gasteiger partial charge in [-0.25, -0.2) is 9.59 Å². The zero-order valence-corrected chi connectivity index (χ0v) is 13.1. The van der Waals surface area contributed by atoms with Crippen LogP contribution in [0.25, 0.3) is 0 Å². The monoisotopic (exact) mass is 316 g/mol. The van der Waals surface area contributed by atoms with Gasteiger partial charge < -0.3 is 15.5 Å². The van der Waals surface area contributed by atoms with Gasteiger partial charge in [-0.1, -0.05) is 31.2 Å². The van der Waals surface area contributed by atoms with Crippen LogP contribution < -0.4 is 5.73 Å². The topological polar surface area (TPSA) is 87.0 Å². The first kappa shape index (κ1) is 15.3. The van der Waals surface area contributed by atoms with Crippen molar-refractivity contribution in [2.45, 2.75) is 25.9 Å². The molecule has 2 heterocycles. The van der Waals surface area contributed by atoms with Gasteiger partial charge in [0, 0.05) is 13.1 Å². The number of carbonyl (C=O) groups is 3. The molecular formula is C16H20N4O3. The molecule has 0 bridgehead atoms. The zero-order valence-electron chi connectivity index (χ0n) is 13.1. The van der Waals surface area contributed by atoms with Crippen molar-refractivity contribution in [2.24, 2.45) is 5.73 Å². The fourth-order valence-electron chi connectivity index (χ4n) is 3.13. The second-order valence-corrected chi connectivity index (χ2v) is 5.87. The van der Waals surface area contributed by atoms with E-state index in [2.05, 4.69) is 6.92 Å². The van der Waals surface area contributed by atoms with E-state index in [1.54, 1.807) is 0 Å². The van der Waals surface area contributed by atoms with Crippen molar-refractivity contribution in [3.63, 3.8) is 0 Å². The Kier molecular flexibility index (Phi) is 3.94. The third-order valence-corrected chi connectivity index (χ3v) is 4.46. The molecule has 1 aromatic rings. The van der Waals surface area contributed by atoms with E-state index in [0.29, 0.717) is 13.1 Å². The Labute approximate surface area is 134 Å². The number of amides is 5. The summed E-state index contributed by atoms with van der Waals surface area (Å²) in [4.78, 5) is 40.5. The van der Waals surface area contributed by atoms with Gasteiger partial charge >= 0.3 is 12.1 Å². The number of hydrogen-bond acceptors (Lipinski definition) is 3. The van der Waals surface area contributed by atoms with Crippen molar-refractivity contribution >= 4 is 18.0 Å². The van der Waals surface area contributed by atoms with E-state index in [-0.39, 0.29) is 25.0 Å². The molecule has 2 fully saturated rings. The van der Waals surface area contributed by atoms with Gasteiger partial charge in [0.2, 0.25) is 0 Å². The number of carbonyl (C=O) groups excluding carboxylic acids is 3. The first-order valence-corrected chi connectivity index (χ1v) is 7.75. The molecule has 3 rings (SSSR count). The van der Waals surface area contributed by atoms with Crippen molar-refractivity contribution < 1.29 is 14.4 Å². The van der Waals surface area contributed by atoms with E-state index in [1.165, 1.54) is 20.3 Å². The van der Waals surface area contributed by atoms with Gasteiger partial charge in [0.15, 0.2) is 0 Å². The summed E-state index contributed by atoms with van der Waals surface area (Å²) in [7, 11) is 0. The molecule has 0 aromatic heterocycles. The molecule has 2 saturated heterocycles. The SMILES string of the molecule is CCc1cccc(CN2C(=O)[C@H]3CN(C(N)=O)CCN3C2=O)c1. The van der Waals surface area contributed by atoms with Crippen LogP contribution in [0.1, 0.15) is 18.1 Å². The maximum atomic E-state index is 12.6. The van der Waals surface area contributed by atoms with E-state index in [9.17, 15) is 14.4 Å². The number of hydrogen-bond donors (Lipinski definition) is 1. The normalized spacial score (nSPS) is 20.9. The molecule has 0 aliphatic carbocycles. The molecule has 0 saturated carbocycles. The van der Waals surface area contributed by atoms with E-state index < -0.39 is 12.1 Å². The largest absolute Gasteiger partial charge is 0.351 e. The van der Waals surface area contributed by atoms with Gasteiger partial charge in [-0.2, -0.15) is 0 Å². The summed E-state index contributed by atoms with van der Waals surface area (Å²) >= 11 is 0. The summed E-state index contributed by atoms with van der Waals surface area (Å²) in [6, 6.07) is 6.41. The Hall–Kier alpha value is -2.57. The van der Waals surface area contributed by atoms with Crippen LogP contribution in [0.4, 0.5) is 9.59 Å². The molecule has 1 atom stereocenters. The smallest absolute Gasteiger partial charge is 0.327 e. The lowest BCUT2D eigenvalue weighted by atomic mass is 10.1. The average molecular weight is 316 g/mol. The zero-order chi connectivity index (χ0) is 16.6. The van der Waals surface area contributed by atoms with Crippen LogP contribution in [0.2, 0.25) is 0 Å². The molecule has 1 aromatic carbocycles. The minimum atomic E-state index is -0.613. The van der Waals surface area contributed by atoms with Crippen LogP contribution in [0.3, 0.4) is 0 Å². The Morgan fingerprint density at radius 1 is 1.26 bits per heavy atom. The fraction of sp³-hybridized carbons (Fsp3) is 0.438. The highest BCUT2D eigenvalue weighted by atomic mass is 16.2. The number of nitrogens with two attached hydrogens (primary N) is 1. The summed E-state index contributed by atoms with van der Waals surface area (Å²) in [6.07, 6.45) is 0.901. The number of piperazine rings is 1. The highest BCUT2D eigenvalue weighted by Gasteiger charge is 2.48. The Bertz CT molecular complexity index is 660. The minimum Gasteiger partial charge on any atom is -0.351 e. The Balaban J connectivity index is 1.77. The lowest BCUT2D eigenvalue weighted by Gasteiger charge is -2.34. The number of benzene rings is 1. The number of urea groups is 2. The summed E-state index contributed by atoms with van der Waals surface area (Å²) in [5.74, 6) is -0.261. The number of fused-ring (bicyclic) bond motifs is 1. The lowest BCUT2D eigenvalue weighted by molar-refractivity contribution is -0.129. The maximum absolute atomic E-state index is 12.6. The first-order valence-electron chi connectivity index (χ1n) is 7.75. The summed E-state index contributed by atoms with van der Waals surface area (Å²) in [5.41, 5.74) is 7.37. The molecule has 5 amide bonds. The number of primary amides is 1. The first-order chi connectivity index (χ1) is 11.0. The second-order valence-electron chi connectivity index (χ2n) is 5.87. The van der Waals surface area contributed by atoms with Crippen molar-refractivity contribution in [3.8, 4) is 0 Å². The van der Waals surface area contributed by atoms with Crippen LogP contribution in [0, 0.1) is 0 Å². The molecular weight excluding hydrogens is 296 g/mol. The van der Waals surface area contributed by atoms with Gasteiger partial charge in [-0.3, -0.25) is 9.69 Å². The third-order valence-electron chi connectivity index (χ3n) is 4.46. The molecule has 23 heavy (non-hydrogen) atoms. The quantitative estimate of drug-likeness (QED) is 0.836. The van der Waals surface area contributed by atoms with Gasteiger partial charge in [0.1, 0.15) is 6.04 Å². The predicted molar refractivity (Wildman–Crippen MR) is 83.4 cm³/mol. The van der Waals surface area contributed by atoms with Crippen LogP contribution >= 0.6 is 0 Å². The summed E-state index contributed by atoms with van der Waals surface area (Å²) in [6.45, 7) is 3.19. The van der Waals surface area contributed by atoms with Crippen LogP contribution in [-0.4, -0.2) is 58.3 Å². The number of imide groups is 1. The lowest BCUT2D eigenvalue weighted by Crippen LogP contribution is -2.55. The Morgan fingerprint density at radius 2 is 2.00 bits per heavy atom. The maximum Gasteiger partial charge on any atom is 0.327 e. The molecule has 0 spiro atoms. The number of nitrogens with zero attached hydrogens (tertiary/aromatic N) is 3. The molecule has 0 radical (unpaired) electrons. The highest BCUT2D eigenvalue weighted by molar-refractivity contribution is 6.04. The standard InChI is InChI=1S/C16H20N4O3/c1-2-11-4-3-5-12(8-11)9-20-14(21)13-10-18(15(17)22)6-7-19(13)16(20)23/h3-5,8,13H,2,6-7,9-10H2,1H3,(H2,17,22)/t13-/m1/s1. The van der Waals surface area contributed by atoms with Gasteiger partial charge in [0.25, 0.3) is 5.91 Å². The van der Waals surface area contributed by atoms with Crippen molar-refractivity contribution in [1.82, 2.24) is 14.7 Å². The fourth-order valence-corrected chi connectivity index (χ4v) is 3.13. The van der Waals surface area contributed by atoms with E-state index in [0.717, 1.165) is 12.0 Å². The highest BCUT2D eigenvalue weighted by Crippen LogP contribution is 2.24. The molecule has 2 N–H and O–H groups in total. The van der Waals surface area contributed by atoms with E-state index >= 15 is 0 Å². The minimum absolute atomic E-state index is 0.172. The van der Waals surface area contributed by atoms with Crippen LogP contribution in [0.5, 0.6) is 0 Å². The van der Waals surface area contributed by atoms with Gasteiger partial charge in [0.05, 0.1) is 13.1 Å². The number of aryl methyl sites for hydroxylation is 1. The van der Waals surface area contributed by atoms with Crippen molar-refractivity contribution in [2.75, 3.05) is 19.6 Å². The van der Waals surface area contributed by atoms with Gasteiger partial charge in [-0.05, 0) is 17.5 Å². The van der Waals surface area contributed by atoms with Crippen LogP contribution in [-0.2, 0) is 17.8 Å². The predicted octanol–water partition coefficient (Wildman–Crippen LogP) is 0.776. The molecule has 7 heteroatoms. The molecule has 2 aliphatic rings. The molecule has 0 unspecified atom stereocenters. The third kappa shape index (κ3) is 2.74. The summed E-state index contributed by atoms with van der Waals surface area (Å²) in [5, 5.41) is 0.